The van der Waals surface area contributed by atoms with E-state index in [1.54, 1.807) is 0 Å². The molecule has 0 saturated heterocycles. The molecule has 4 nitrogen and oxygen atoms in total. The molecule has 0 radical (unpaired) electrons. The first-order chi connectivity index (χ1) is 6.65. The van der Waals surface area contributed by atoms with Crippen LogP contribution in [-0.2, 0) is 4.74 Å². The van der Waals surface area contributed by atoms with Gasteiger partial charge in [-0.25, -0.2) is 4.39 Å². The number of hydrogen-bond acceptors (Lipinski definition) is 3. The van der Waals surface area contributed by atoms with E-state index in [9.17, 15) is 4.39 Å². The summed E-state index contributed by atoms with van der Waals surface area (Å²) in [5.74, 6) is -0.659. The second-order valence-electron chi connectivity index (χ2n) is 2.61. The van der Waals surface area contributed by atoms with Crippen LogP contribution >= 0.6 is 0 Å². The van der Waals surface area contributed by atoms with Crippen LogP contribution in [-0.4, -0.2) is 19.7 Å². The summed E-state index contributed by atoms with van der Waals surface area (Å²) in [4.78, 5) is 0. The fraction of sp³-hybridized carbons (Fsp3) is 0.222. The summed E-state index contributed by atoms with van der Waals surface area (Å²) in [6.45, 7) is -0.0175. The first-order valence-corrected chi connectivity index (χ1v) is 3.91. The Morgan fingerprint density at radius 2 is 2.29 bits per heavy atom. The predicted molar refractivity (Wildman–Crippen MR) is 49.9 cm³/mol. The molecule has 0 heterocycles. The highest BCUT2D eigenvalue weighted by molar-refractivity contribution is 5.95. The summed E-state index contributed by atoms with van der Waals surface area (Å²) in [5.41, 5.74) is 5.51. The molecule has 0 aliphatic rings. The monoisotopic (exact) mass is 198 g/mol. The molecule has 76 valence electrons. The number of amidine groups is 1. The Balaban J connectivity index is 2.84. The van der Waals surface area contributed by atoms with Crippen LogP contribution in [0.3, 0.4) is 0 Å². The third kappa shape index (κ3) is 2.43. The van der Waals surface area contributed by atoms with Gasteiger partial charge in [-0.05, 0) is 18.2 Å². The molecule has 5 heteroatoms. The maximum absolute atomic E-state index is 13.2. The summed E-state index contributed by atoms with van der Waals surface area (Å²) in [6.07, 6.45) is 0. The number of methoxy groups -OCH3 is 1. The molecule has 14 heavy (non-hydrogen) atoms. The summed E-state index contributed by atoms with van der Waals surface area (Å²) < 4.78 is 22.7. The van der Waals surface area contributed by atoms with Crippen molar-refractivity contribution in [3.63, 3.8) is 0 Å². The molecule has 0 saturated carbocycles. The number of rotatable bonds is 4. The minimum absolute atomic E-state index is 0.0175. The normalized spacial score (nSPS) is 9.86. The van der Waals surface area contributed by atoms with Gasteiger partial charge in [-0.3, -0.25) is 5.41 Å². The number of nitrogen functional groups attached to an aromatic ring is 1. The standard InChI is InChI=1S/C9H11FN2O2/c1-13-5-14-8-3-2-6(9(11)12)4-7(8)10/h2-4H,5H2,1H3,(H3,11,12). The zero-order valence-electron chi connectivity index (χ0n) is 7.71. The van der Waals surface area contributed by atoms with E-state index >= 15 is 0 Å². The van der Waals surface area contributed by atoms with Crippen molar-refractivity contribution in [3.8, 4) is 5.75 Å². The third-order valence-electron chi connectivity index (χ3n) is 1.58. The van der Waals surface area contributed by atoms with Crippen LogP contribution in [0.5, 0.6) is 5.75 Å². The van der Waals surface area contributed by atoms with Gasteiger partial charge in [0.1, 0.15) is 5.84 Å². The first-order valence-electron chi connectivity index (χ1n) is 3.91. The van der Waals surface area contributed by atoms with Gasteiger partial charge in [0.15, 0.2) is 18.4 Å². The van der Waals surface area contributed by atoms with Crippen molar-refractivity contribution in [1.29, 1.82) is 5.41 Å². The Bertz CT molecular complexity index is 342. The molecule has 0 fully saturated rings. The highest BCUT2D eigenvalue weighted by atomic mass is 19.1. The number of nitrogens with two attached hydrogens (primary N) is 1. The second kappa shape index (κ2) is 4.57. The van der Waals surface area contributed by atoms with Crippen LogP contribution in [0.25, 0.3) is 0 Å². The molecule has 1 aromatic carbocycles. The molecule has 0 aromatic heterocycles. The zero-order valence-corrected chi connectivity index (χ0v) is 7.71. The predicted octanol–water partition coefficient (Wildman–Crippen LogP) is 1.09. The van der Waals surface area contributed by atoms with Crippen molar-refractivity contribution in [1.82, 2.24) is 0 Å². The fourth-order valence-electron chi connectivity index (χ4n) is 0.908. The molecule has 0 atom stereocenters. The van der Waals surface area contributed by atoms with Crippen molar-refractivity contribution in [2.45, 2.75) is 0 Å². The number of ether oxygens (including phenoxy) is 2. The van der Waals surface area contributed by atoms with Gasteiger partial charge in [-0.15, -0.1) is 0 Å². The van der Waals surface area contributed by atoms with E-state index < -0.39 is 5.82 Å². The fourth-order valence-corrected chi connectivity index (χ4v) is 0.908. The van der Waals surface area contributed by atoms with Gasteiger partial charge >= 0.3 is 0 Å². The average molecular weight is 198 g/mol. The second-order valence-corrected chi connectivity index (χ2v) is 2.61. The van der Waals surface area contributed by atoms with Gasteiger partial charge in [0.05, 0.1) is 0 Å². The van der Waals surface area contributed by atoms with Gasteiger partial charge in [0.2, 0.25) is 0 Å². The minimum atomic E-state index is -0.560. The molecular formula is C9H11FN2O2. The van der Waals surface area contributed by atoms with E-state index in [0.717, 1.165) is 6.07 Å². The van der Waals surface area contributed by atoms with Crippen molar-refractivity contribution in [3.05, 3.63) is 29.6 Å². The van der Waals surface area contributed by atoms with Gasteiger partial charge in [0.25, 0.3) is 0 Å². The summed E-state index contributed by atoms with van der Waals surface area (Å²) in [5, 5.41) is 7.09. The Labute approximate surface area is 80.9 Å². The first kappa shape index (κ1) is 10.5. The van der Waals surface area contributed by atoms with Crippen LogP contribution in [0.2, 0.25) is 0 Å². The lowest BCUT2D eigenvalue weighted by molar-refractivity contribution is 0.0483. The van der Waals surface area contributed by atoms with Crippen molar-refractivity contribution < 1.29 is 13.9 Å². The lowest BCUT2D eigenvalue weighted by atomic mass is 10.2. The van der Waals surface area contributed by atoms with E-state index in [0.29, 0.717) is 5.56 Å². The van der Waals surface area contributed by atoms with Crippen molar-refractivity contribution in [2.24, 2.45) is 5.73 Å². The third-order valence-corrected chi connectivity index (χ3v) is 1.58. The molecule has 0 amide bonds. The van der Waals surface area contributed by atoms with Crippen LogP contribution in [0, 0.1) is 11.2 Å². The Morgan fingerprint density at radius 3 is 2.79 bits per heavy atom. The van der Waals surface area contributed by atoms with Crippen molar-refractivity contribution >= 4 is 5.84 Å². The number of halogens is 1. The highest BCUT2D eigenvalue weighted by Gasteiger charge is 2.05. The Morgan fingerprint density at radius 1 is 1.57 bits per heavy atom. The SMILES string of the molecule is COCOc1ccc(C(=N)N)cc1F. The van der Waals surface area contributed by atoms with Gasteiger partial charge in [-0.1, -0.05) is 0 Å². The van der Waals surface area contributed by atoms with E-state index in [1.165, 1.54) is 19.2 Å². The van der Waals surface area contributed by atoms with Crippen LogP contribution < -0.4 is 10.5 Å². The molecule has 1 rings (SSSR count). The Hall–Kier alpha value is -1.62. The summed E-state index contributed by atoms with van der Waals surface area (Å²) >= 11 is 0. The molecular weight excluding hydrogens is 187 g/mol. The highest BCUT2D eigenvalue weighted by Crippen LogP contribution is 2.17. The molecule has 0 unspecified atom stereocenters. The molecule has 1 aromatic rings. The molecule has 0 aliphatic carbocycles. The largest absolute Gasteiger partial charge is 0.464 e. The quantitative estimate of drug-likeness (QED) is 0.432. The summed E-state index contributed by atoms with van der Waals surface area (Å²) in [6, 6.07) is 4.06. The van der Waals surface area contributed by atoms with Crippen molar-refractivity contribution in [2.75, 3.05) is 13.9 Å². The number of nitrogens with one attached hydrogen (secondary N) is 1. The van der Waals surface area contributed by atoms with Gasteiger partial charge < -0.3 is 15.2 Å². The molecule has 0 bridgehead atoms. The lowest BCUT2D eigenvalue weighted by Gasteiger charge is -2.06. The van der Waals surface area contributed by atoms with Crippen LogP contribution in [0.15, 0.2) is 18.2 Å². The smallest absolute Gasteiger partial charge is 0.188 e. The maximum Gasteiger partial charge on any atom is 0.188 e. The van der Waals surface area contributed by atoms with E-state index in [4.69, 9.17) is 15.9 Å². The zero-order chi connectivity index (χ0) is 10.6. The topological polar surface area (TPSA) is 68.3 Å². The minimum Gasteiger partial charge on any atom is -0.464 e. The van der Waals surface area contributed by atoms with Gasteiger partial charge in [0, 0.05) is 12.7 Å². The molecule has 0 aliphatic heterocycles. The number of hydrogen-bond donors (Lipinski definition) is 2. The van der Waals surface area contributed by atoms with E-state index in [1.807, 2.05) is 0 Å². The van der Waals surface area contributed by atoms with Crippen LogP contribution in [0.1, 0.15) is 5.56 Å². The average Bonchev–Trinajstić information content (AvgIpc) is 2.15. The van der Waals surface area contributed by atoms with E-state index in [-0.39, 0.29) is 18.4 Å². The maximum atomic E-state index is 13.2. The summed E-state index contributed by atoms with van der Waals surface area (Å²) in [7, 11) is 1.45. The Kier molecular flexibility index (Phi) is 3.41. The van der Waals surface area contributed by atoms with Gasteiger partial charge in [-0.2, -0.15) is 0 Å². The number of benzene rings is 1. The molecule has 0 spiro atoms. The lowest BCUT2D eigenvalue weighted by Crippen LogP contribution is -2.11. The van der Waals surface area contributed by atoms with Crippen LogP contribution in [0.4, 0.5) is 4.39 Å². The van der Waals surface area contributed by atoms with E-state index in [2.05, 4.69) is 4.74 Å². The molecule has 3 N–H and O–H groups in total.